The van der Waals surface area contributed by atoms with Crippen LogP contribution in [-0.2, 0) is 11.3 Å². The first kappa shape index (κ1) is 23.0. The molecule has 8 heteroatoms. The Labute approximate surface area is 170 Å². The molecule has 27 heavy (non-hydrogen) atoms. The van der Waals surface area contributed by atoms with Crippen molar-refractivity contribution in [1.29, 1.82) is 0 Å². The van der Waals surface area contributed by atoms with Gasteiger partial charge in [0.25, 0.3) is 5.91 Å². The number of carbonyl (C=O) groups is 1. The first-order valence-corrected chi connectivity index (χ1v) is 8.69. The van der Waals surface area contributed by atoms with Crippen molar-refractivity contribution in [2.75, 3.05) is 19.8 Å². The van der Waals surface area contributed by atoms with Crippen molar-refractivity contribution in [1.82, 2.24) is 5.32 Å². The third-order valence-electron chi connectivity index (χ3n) is 3.58. The monoisotopic (exact) mass is 414 g/mol. The summed E-state index contributed by atoms with van der Waals surface area (Å²) < 4.78 is 10.9. The highest BCUT2D eigenvalue weighted by molar-refractivity contribution is 6.32. The average Bonchev–Trinajstić information content (AvgIpc) is 2.61. The van der Waals surface area contributed by atoms with Crippen LogP contribution in [0.15, 0.2) is 42.5 Å². The van der Waals surface area contributed by atoms with Crippen molar-refractivity contribution < 1.29 is 19.4 Å². The smallest absolute Gasteiger partial charge is 0.255 e. The summed E-state index contributed by atoms with van der Waals surface area (Å²) in [5.74, 6) is 0.145. The zero-order valence-electron chi connectivity index (χ0n) is 15.0. The summed E-state index contributed by atoms with van der Waals surface area (Å²) in [6.45, 7) is 2.87. The third kappa shape index (κ3) is 7.27. The van der Waals surface area contributed by atoms with Crippen molar-refractivity contribution in [3.63, 3.8) is 0 Å². The Hall–Kier alpha value is -1.99. The molecule has 0 saturated heterocycles. The maximum atomic E-state index is 10.9. The van der Waals surface area contributed by atoms with Crippen LogP contribution < -0.4 is 20.5 Å². The number of hydrogen-bond donors (Lipinski definition) is 3. The Morgan fingerprint density at radius 2 is 1.96 bits per heavy atom. The fourth-order valence-corrected chi connectivity index (χ4v) is 2.70. The molecule has 1 atom stereocenters. The first-order valence-electron chi connectivity index (χ1n) is 8.31. The number of primary amides is 1. The number of benzene rings is 2. The number of halogens is 2. The lowest BCUT2D eigenvalue weighted by Gasteiger charge is -2.16. The van der Waals surface area contributed by atoms with Gasteiger partial charge in [-0.2, -0.15) is 0 Å². The zero-order valence-corrected chi connectivity index (χ0v) is 16.6. The van der Waals surface area contributed by atoms with Crippen molar-refractivity contribution in [2.24, 2.45) is 5.73 Å². The number of nitrogens with two attached hydrogens (primary N) is 1. The number of nitrogens with one attached hydrogen (secondary N) is 1. The second-order valence-corrected chi connectivity index (χ2v) is 6.06. The Bertz CT molecular complexity index is 729. The van der Waals surface area contributed by atoms with Crippen LogP contribution >= 0.6 is 24.0 Å². The van der Waals surface area contributed by atoms with E-state index in [-0.39, 0.29) is 19.0 Å². The number of aliphatic hydroxyl groups is 1. The Morgan fingerprint density at radius 3 is 2.59 bits per heavy atom. The standard InChI is InChI=1S/C19H23ClN2O4.ClH/c1-2-25-17-9-13(8-15(20)19(17)26-12-18(21)24)10-22-11-16(23)14-6-4-3-5-7-14;/h3-9,16,22-23H,2,10-12H2,1H3,(H2,21,24);1H. The molecule has 0 fully saturated rings. The third-order valence-corrected chi connectivity index (χ3v) is 3.86. The van der Waals surface area contributed by atoms with Crippen LogP contribution in [0.4, 0.5) is 0 Å². The van der Waals surface area contributed by atoms with Gasteiger partial charge in [-0.25, -0.2) is 0 Å². The Balaban J connectivity index is 0.00000364. The maximum absolute atomic E-state index is 10.9. The summed E-state index contributed by atoms with van der Waals surface area (Å²) in [6, 6.07) is 12.9. The van der Waals surface area contributed by atoms with E-state index < -0.39 is 12.0 Å². The van der Waals surface area contributed by atoms with Crippen LogP contribution in [0.3, 0.4) is 0 Å². The number of amides is 1. The van der Waals surface area contributed by atoms with Crippen molar-refractivity contribution in [3.05, 3.63) is 58.6 Å². The predicted molar refractivity (Wildman–Crippen MR) is 108 cm³/mol. The zero-order chi connectivity index (χ0) is 18.9. The highest BCUT2D eigenvalue weighted by Gasteiger charge is 2.14. The predicted octanol–water partition coefficient (Wildman–Crippen LogP) is 2.85. The summed E-state index contributed by atoms with van der Waals surface area (Å²) in [4.78, 5) is 10.9. The lowest BCUT2D eigenvalue weighted by Crippen LogP contribution is -2.21. The molecular weight excluding hydrogens is 391 g/mol. The van der Waals surface area contributed by atoms with Gasteiger partial charge in [0, 0.05) is 13.1 Å². The van der Waals surface area contributed by atoms with E-state index in [9.17, 15) is 9.90 Å². The van der Waals surface area contributed by atoms with E-state index in [1.807, 2.05) is 37.3 Å². The molecular formula is C19H24Cl2N2O4. The lowest BCUT2D eigenvalue weighted by atomic mass is 10.1. The summed E-state index contributed by atoms with van der Waals surface area (Å²) in [6.07, 6.45) is -0.601. The molecule has 4 N–H and O–H groups in total. The van der Waals surface area contributed by atoms with E-state index in [1.165, 1.54) is 0 Å². The van der Waals surface area contributed by atoms with Crippen molar-refractivity contribution in [2.45, 2.75) is 19.6 Å². The second-order valence-electron chi connectivity index (χ2n) is 5.65. The quantitative estimate of drug-likeness (QED) is 0.555. The van der Waals surface area contributed by atoms with Gasteiger partial charge in [0.15, 0.2) is 18.1 Å². The van der Waals surface area contributed by atoms with E-state index in [2.05, 4.69) is 5.32 Å². The van der Waals surface area contributed by atoms with Gasteiger partial charge in [0.05, 0.1) is 17.7 Å². The summed E-state index contributed by atoms with van der Waals surface area (Å²) >= 11 is 6.26. The average molecular weight is 415 g/mol. The topological polar surface area (TPSA) is 93.8 Å². The fourth-order valence-electron chi connectivity index (χ4n) is 2.42. The number of hydrogen-bond acceptors (Lipinski definition) is 5. The van der Waals surface area contributed by atoms with E-state index >= 15 is 0 Å². The molecule has 1 unspecified atom stereocenters. The molecule has 0 spiro atoms. The largest absolute Gasteiger partial charge is 0.490 e. The van der Waals surface area contributed by atoms with E-state index in [0.29, 0.717) is 36.2 Å². The van der Waals surface area contributed by atoms with E-state index in [4.69, 9.17) is 26.8 Å². The first-order chi connectivity index (χ1) is 12.5. The number of aliphatic hydroxyl groups excluding tert-OH is 1. The van der Waals surface area contributed by atoms with Crippen LogP contribution in [0.25, 0.3) is 0 Å². The van der Waals surface area contributed by atoms with Gasteiger partial charge in [-0.05, 0) is 30.2 Å². The van der Waals surface area contributed by atoms with Gasteiger partial charge in [0.2, 0.25) is 0 Å². The van der Waals surface area contributed by atoms with Crippen LogP contribution in [0, 0.1) is 0 Å². The molecule has 2 aromatic carbocycles. The van der Waals surface area contributed by atoms with Gasteiger partial charge >= 0.3 is 0 Å². The summed E-state index contributed by atoms with van der Waals surface area (Å²) in [7, 11) is 0. The van der Waals surface area contributed by atoms with Gasteiger partial charge < -0.3 is 25.6 Å². The normalized spacial score (nSPS) is 11.4. The van der Waals surface area contributed by atoms with Crippen LogP contribution in [0.5, 0.6) is 11.5 Å². The van der Waals surface area contributed by atoms with Crippen molar-refractivity contribution in [3.8, 4) is 11.5 Å². The van der Waals surface area contributed by atoms with Crippen LogP contribution in [0.1, 0.15) is 24.2 Å². The molecule has 0 aromatic heterocycles. The Morgan fingerprint density at radius 1 is 1.26 bits per heavy atom. The second kappa shape index (κ2) is 11.7. The number of carbonyl (C=O) groups excluding carboxylic acids is 1. The highest BCUT2D eigenvalue weighted by Crippen LogP contribution is 2.36. The van der Waals surface area contributed by atoms with Crippen molar-refractivity contribution >= 4 is 29.9 Å². The molecule has 2 rings (SSSR count). The molecule has 0 heterocycles. The minimum Gasteiger partial charge on any atom is -0.490 e. The van der Waals surface area contributed by atoms with Gasteiger partial charge in [-0.3, -0.25) is 4.79 Å². The lowest BCUT2D eigenvalue weighted by molar-refractivity contribution is -0.119. The molecule has 0 aliphatic rings. The molecule has 1 amide bonds. The van der Waals surface area contributed by atoms with Gasteiger partial charge in [0.1, 0.15) is 0 Å². The van der Waals surface area contributed by atoms with E-state index in [0.717, 1.165) is 11.1 Å². The van der Waals surface area contributed by atoms with E-state index in [1.54, 1.807) is 12.1 Å². The fraction of sp³-hybridized carbons (Fsp3) is 0.316. The molecule has 2 aromatic rings. The maximum Gasteiger partial charge on any atom is 0.255 e. The van der Waals surface area contributed by atoms with Gasteiger partial charge in [-0.15, -0.1) is 12.4 Å². The Kier molecular flexibility index (Phi) is 9.96. The summed E-state index contributed by atoms with van der Waals surface area (Å²) in [5, 5.41) is 13.7. The molecule has 148 valence electrons. The molecule has 0 aliphatic heterocycles. The van der Waals surface area contributed by atoms with Crippen LogP contribution in [0.2, 0.25) is 5.02 Å². The highest BCUT2D eigenvalue weighted by atomic mass is 35.5. The van der Waals surface area contributed by atoms with Crippen LogP contribution in [-0.4, -0.2) is 30.8 Å². The number of rotatable bonds is 10. The summed E-state index contributed by atoms with van der Waals surface area (Å²) in [5.41, 5.74) is 6.82. The molecule has 0 aliphatic carbocycles. The van der Waals surface area contributed by atoms with Gasteiger partial charge in [-0.1, -0.05) is 41.9 Å². The minimum atomic E-state index is -0.601. The minimum absolute atomic E-state index is 0. The molecule has 0 saturated carbocycles. The molecule has 0 bridgehead atoms. The molecule has 0 radical (unpaired) electrons. The SMILES string of the molecule is CCOc1cc(CNCC(O)c2ccccc2)cc(Cl)c1OCC(N)=O.Cl. The molecule has 6 nitrogen and oxygen atoms in total. The number of ether oxygens (including phenoxy) is 2.